The zero-order chi connectivity index (χ0) is 48.2. The van der Waals surface area contributed by atoms with Crippen molar-refractivity contribution in [3.8, 4) is 89.4 Å². The molecule has 73 heavy (non-hydrogen) atoms. The van der Waals surface area contributed by atoms with Gasteiger partial charge in [0, 0.05) is 21.2 Å². The molecule has 0 amide bonds. The van der Waals surface area contributed by atoms with E-state index in [4.69, 9.17) is 9.97 Å². The molecule has 0 aliphatic rings. The van der Waals surface area contributed by atoms with E-state index in [2.05, 4.69) is 267 Å². The first-order chi connectivity index (χ1) is 36.2. The number of rotatable bonds is 8. The SMILES string of the molecule is c1ccc(-c2ccc(-c3cc(-c4ccc(-c5ccccc5)cc4)cc(-c4nc(-c5ccccc5)c5sc6c(-c7cccc(-c8ccc9c%10ccccc%10c%10ccccc%10c9c8)c7)cccc6c5n4)c3)cc2)cc1. The van der Waals surface area contributed by atoms with E-state index in [0.29, 0.717) is 5.82 Å². The fourth-order valence-corrected chi connectivity index (χ4v) is 12.1. The summed E-state index contributed by atoms with van der Waals surface area (Å²) in [4.78, 5) is 11.1. The summed E-state index contributed by atoms with van der Waals surface area (Å²) in [5.41, 5.74) is 17.9. The van der Waals surface area contributed by atoms with Crippen LogP contribution in [0.15, 0.2) is 267 Å². The van der Waals surface area contributed by atoms with Crippen LogP contribution in [0.2, 0.25) is 0 Å². The molecule has 14 aromatic rings. The molecule has 14 rings (SSSR count). The van der Waals surface area contributed by atoms with Gasteiger partial charge < -0.3 is 0 Å². The molecule has 0 aliphatic heterocycles. The van der Waals surface area contributed by atoms with Gasteiger partial charge >= 0.3 is 0 Å². The minimum Gasteiger partial charge on any atom is -0.226 e. The van der Waals surface area contributed by atoms with Gasteiger partial charge in [0.15, 0.2) is 5.82 Å². The molecule has 0 unspecified atom stereocenters. The first-order valence-electron chi connectivity index (χ1n) is 24.9. The maximum absolute atomic E-state index is 5.57. The van der Waals surface area contributed by atoms with Gasteiger partial charge in [-0.2, -0.15) is 0 Å². The lowest BCUT2D eigenvalue weighted by Crippen LogP contribution is -1.95. The Morgan fingerprint density at radius 3 is 1.18 bits per heavy atom. The van der Waals surface area contributed by atoms with Crippen LogP contribution in [0.25, 0.3) is 142 Å². The van der Waals surface area contributed by atoms with Crippen molar-refractivity contribution in [2.24, 2.45) is 0 Å². The second kappa shape index (κ2) is 17.8. The Morgan fingerprint density at radius 1 is 0.219 bits per heavy atom. The Balaban J connectivity index is 0.917. The van der Waals surface area contributed by atoms with Crippen LogP contribution in [0.3, 0.4) is 0 Å². The highest BCUT2D eigenvalue weighted by molar-refractivity contribution is 7.26. The standard InChI is InChI=1S/C70H44N2S/c1-4-16-45(17-5-1)47-30-34-49(35-31-47)55-41-56(50-36-32-48(33-37-50)46-18-6-2-7-19-46)43-57(42-55)70-71-66(51-20-8-3-9-21-51)69-67(72-70)64-29-15-28-58(68(64)73-69)54-23-14-22-52(40-54)53-38-39-63-61-26-11-10-24-59(61)60-25-12-13-27-62(60)65(63)44-53/h1-44H. The van der Waals surface area contributed by atoms with Gasteiger partial charge in [-0.1, -0.05) is 237 Å². The number of thiophene rings is 1. The van der Waals surface area contributed by atoms with Crippen LogP contribution in [0.5, 0.6) is 0 Å². The van der Waals surface area contributed by atoms with Gasteiger partial charge in [-0.15, -0.1) is 11.3 Å². The molecule has 0 saturated heterocycles. The van der Waals surface area contributed by atoms with E-state index in [1.54, 1.807) is 11.3 Å². The predicted octanol–water partition coefficient (Wildman–Crippen LogP) is 19.6. The Bertz CT molecular complexity index is 4250. The molecule has 0 atom stereocenters. The van der Waals surface area contributed by atoms with Gasteiger partial charge in [-0.3, -0.25) is 0 Å². The Kier molecular flexibility index (Phi) is 10.4. The lowest BCUT2D eigenvalue weighted by Gasteiger charge is -2.13. The molecular formula is C70H44N2S. The summed E-state index contributed by atoms with van der Waals surface area (Å²) in [5, 5.41) is 8.80. The molecule has 0 saturated carbocycles. The molecule has 0 aliphatic carbocycles. The van der Waals surface area contributed by atoms with E-state index in [9.17, 15) is 0 Å². The van der Waals surface area contributed by atoms with Crippen molar-refractivity contribution in [1.29, 1.82) is 0 Å². The minimum atomic E-state index is 0.694. The molecule has 0 spiro atoms. The third kappa shape index (κ3) is 7.66. The summed E-state index contributed by atoms with van der Waals surface area (Å²) in [5.74, 6) is 0.694. The van der Waals surface area contributed by atoms with Gasteiger partial charge in [-0.25, -0.2) is 9.97 Å². The van der Waals surface area contributed by atoms with E-state index >= 15 is 0 Å². The molecule has 12 aromatic carbocycles. The van der Waals surface area contributed by atoms with Crippen molar-refractivity contribution in [2.75, 3.05) is 0 Å². The highest BCUT2D eigenvalue weighted by atomic mass is 32.1. The number of benzene rings is 12. The smallest absolute Gasteiger partial charge is 0.160 e. The summed E-state index contributed by atoms with van der Waals surface area (Å²) in [6.45, 7) is 0. The molecule has 2 nitrogen and oxygen atoms in total. The maximum Gasteiger partial charge on any atom is 0.160 e. The van der Waals surface area contributed by atoms with Crippen molar-refractivity contribution >= 4 is 64.0 Å². The predicted molar refractivity (Wildman–Crippen MR) is 311 cm³/mol. The monoisotopic (exact) mass is 944 g/mol. The Labute approximate surface area is 427 Å². The second-order valence-electron chi connectivity index (χ2n) is 18.8. The van der Waals surface area contributed by atoms with Gasteiger partial charge in [0.2, 0.25) is 0 Å². The van der Waals surface area contributed by atoms with E-state index in [1.807, 2.05) is 0 Å². The van der Waals surface area contributed by atoms with Crippen molar-refractivity contribution in [1.82, 2.24) is 9.97 Å². The second-order valence-corrected chi connectivity index (χ2v) is 19.9. The van der Waals surface area contributed by atoms with Crippen molar-refractivity contribution in [2.45, 2.75) is 0 Å². The Hall–Kier alpha value is -9.28. The van der Waals surface area contributed by atoms with E-state index in [1.165, 1.54) is 81.5 Å². The van der Waals surface area contributed by atoms with Gasteiger partial charge in [0.1, 0.15) is 0 Å². The summed E-state index contributed by atoms with van der Waals surface area (Å²) in [7, 11) is 0. The first kappa shape index (κ1) is 42.6. The average molecular weight is 945 g/mol. The third-order valence-corrected chi connectivity index (χ3v) is 15.7. The molecule has 0 fully saturated rings. The highest BCUT2D eigenvalue weighted by Crippen LogP contribution is 2.45. The lowest BCUT2D eigenvalue weighted by molar-refractivity contribution is 1.24. The van der Waals surface area contributed by atoms with Crippen molar-refractivity contribution in [3.63, 3.8) is 0 Å². The molecule has 2 heterocycles. The largest absolute Gasteiger partial charge is 0.226 e. The average Bonchev–Trinajstić information content (AvgIpc) is 3.86. The zero-order valence-corrected chi connectivity index (χ0v) is 40.5. The van der Waals surface area contributed by atoms with Crippen LogP contribution < -0.4 is 0 Å². The number of fused-ring (bicyclic) bond motifs is 9. The van der Waals surface area contributed by atoms with Gasteiger partial charge in [-0.05, 0) is 129 Å². The summed E-state index contributed by atoms with van der Waals surface area (Å²) < 4.78 is 2.27. The van der Waals surface area contributed by atoms with E-state index in [-0.39, 0.29) is 0 Å². The van der Waals surface area contributed by atoms with Crippen molar-refractivity contribution < 1.29 is 0 Å². The van der Waals surface area contributed by atoms with Gasteiger partial charge in [0.05, 0.1) is 15.9 Å². The fourth-order valence-electron chi connectivity index (χ4n) is 10.8. The molecule has 0 radical (unpaired) electrons. The molecule has 0 bridgehead atoms. The molecular weight excluding hydrogens is 901 g/mol. The first-order valence-corrected chi connectivity index (χ1v) is 25.7. The lowest BCUT2D eigenvalue weighted by atomic mass is 9.91. The Morgan fingerprint density at radius 2 is 0.603 bits per heavy atom. The number of aromatic nitrogens is 2. The quantitative estimate of drug-likeness (QED) is 0.142. The van der Waals surface area contributed by atoms with E-state index < -0.39 is 0 Å². The normalized spacial score (nSPS) is 11.6. The summed E-state index contributed by atoms with van der Waals surface area (Å²) in [6.07, 6.45) is 0. The van der Waals surface area contributed by atoms with E-state index in [0.717, 1.165) is 54.7 Å². The minimum absolute atomic E-state index is 0.694. The highest BCUT2D eigenvalue weighted by Gasteiger charge is 2.20. The third-order valence-electron chi connectivity index (χ3n) is 14.5. The topological polar surface area (TPSA) is 25.8 Å². The number of hydrogen-bond donors (Lipinski definition) is 0. The van der Waals surface area contributed by atoms with Crippen LogP contribution in [0, 0.1) is 0 Å². The zero-order valence-electron chi connectivity index (χ0n) is 39.7. The van der Waals surface area contributed by atoms with Crippen LogP contribution in [0.1, 0.15) is 0 Å². The summed E-state index contributed by atoms with van der Waals surface area (Å²) in [6, 6.07) is 96.6. The molecule has 3 heteroatoms. The van der Waals surface area contributed by atoms with Crippen LogP contribution in [0.4, 0.5) is 0 Å². The number of hydrogen-bond acceptors (Lipinski definition) is 3. The number of nitrogens with zero attached hydrogens (tertiary/aromatic N) is 2. The molecule has 0 N–H and O–H groups in total. The fraction of sp³-hybridized carbons (Fsp3) is 0. The van der Waals surface area contributed by atoms with Crippen LogP contribution >= 0.6 is 11.3 Å². The summed E-state index contributed by atoms with van der Waals surface area (Å²) >= 11 is 1.79. The van der Waals surface area contributed by atoms with Crippen LogP contribution in [-0.4, -0.2) is 9.97 Å². The maximum atomic E-state index is 5.57. The molecule has 2 aromatic heterocycles. The van der Waals surface area contributed by atoms with Crippen LogP contribution in [-0.2, 0) is 0 Å². The van der Waals surface area contributed by atoms with Gasteiger partial charge in [0.25, 0.3) is 0 Å². The molecule has 340 valence electrons. The van der Waals surface area contributed by atoms with Crippen molar-refractivity contribution in [3.05, 3.63) is 267 Å².